The Morgan fingerprint density at radius 3 is 2.55 bits per heavy atom. The SMILES string of the molecule is CCN1C(=O)S/C(=C/c2ccc(OCC(=O)Nc3ccccc3)c(OC)c2)C1=O. The van der Waals surface area contributed by atoms with Crippen LogP contribution in [0.3, 0.4) is 0 Å². The number of benzene rings is 2. The number of amides is 3. The maximum absolute atomic E-state index is 12.2. The summed E-state index contributed by atoms with van der Waals surface area (Å²) in [6.45, 7) is 1.91. The van der Waals surface area contributed by atoms with Gasteiger partial charge in [0.25, 0.3) is 17.1 Å². The largest absolute Gasteiger partial charge is 0.493 e. The number of methoxy groups -OCH3 is 1. The van der Waals surface area contributed by atoms with Crippen LogP contribution in [-0.2, 0) is 9.59 Å². The molecule has 29 heavy (non-hydrogen) atoms. The number of hydrogen-bond donors (Lipinski definition) is 1. The van der Waals surface area contributed by atoms with E-state index in [1.807, 2.05) is 18.2 Å². The monoisotopic (exact) mass is 412 g/mol. The first kappa shape index (κ1) is 20.5. The first-order valence-corrected chi connectivity index (χ1v) is 9.74. The van der Waals surface area contributed by atoms with E-state index in [9.17, 15) is 14.4 Å². The first-order valence-electron chi connectivity index (χ1n) is 8.93. The van der Waals surface area contributed by atoms with Crippen LogP contribution in [0, 0.1) is 0 Å². The maximum atomic E-state index is 12.2. The molecular weight excluding hydrogens is 392 g/mol. The van der Waals surface area contributed by atoms with Crippen molar-refractivity contribution in [1.29, 1.82) is 0 Å². The minimum Gasteiger partial charge on any atom is -0.493 e. The Balaban J connectivity index is 1.68. The van der Waals surface area contributed by atoms with Gasteiger partial charge in [-0.3, -0.25) is 19.3 Å². The maximum Gasteiger partial charge on any atom is 0.293 e. The van der Waals surface area contributed by atoms with Crippen LogP contribution in [0.15, 0.2) is 53.4 Å². The molecule has 1 saturated heterocycles. The second-order valence-electron chi connectivity index (χ2n) is 6.04. The summed E-state index contributed by atoms with van der Waals surface area (Å²) >= 11 is 0.907. The number of anilines is 1. The molecule has 2 aromatic rings. The third kappa shape index (κ3) is 4.97. The average Bonchev–Trinajstić information content (AvgIpc) is 2.99. The third-order valence-electron chi connectivity index (χ3n) is 4.09. The molecule has 0 atom stereocenters. The fourth-order valence-corrected chi connectivity index (χ4v) is 3.58. The quantitative estimate of drug-likeness (QED) is 0.697. The summed E-state index contributed by atoms with van der Waals surface area (Å²) in [6, 6.07) is 14.2. The molecule has 1 fully saturated rings. The van der Waals surface area contributed by atoms with Crippen molar-refractivity contribution >= 4 is 40.6 Å². The van der Waals surface area contributed by atoms with Crippen LogP contribution in [0.5, 0.6) is 11.5 Å². The molecule has 0 radical (unpaired) electrons. The lowest BCUT2D eigenvalue weighted by Gasteiger charge is -2.12. The van der Waals surface area contributed by atoms with E-state index in [-0.39, 0.29) is 23.7 Å². The Bertz CT molecular complexity index is 959. The first-order chi connectivity index (χ1) is 14.0. The Morgan fingerprint density at radius 2 is 1.90 bits per heavy atom. The molecular formula is C21H20N2O5S. The van der Waals surface area contributed by atoms with Gasteiger partial charge in [-0.2, -0.15) is 0 Å². The van der Waals surface area contributed by atoms with E-state index in [1.54, 1.807) is 43.3 Å². The number of likely N-dealkylation sites (N-methyl/N-ethyl adjacent to an activating group) is 1. The standard InChI is InChI=1S/C21H20N2O5S/c1-3-23-20(25)18(29-21(23)26)12-14-9-10-16(17(11-14)27-2)28-13-19(24)22-15-7-5-4-6-8-15/h4-12H,3,13H2,1-2H3,(H,22,24)/b18-12+. The number of carbonyl (C=O) groups is 3. The van der Waals surface area contributed by atoms with Crippen LogP contribution < -0.4 is 14.8 Å². The van der Waals surface area contributed by atoms with Gasteiger partial charge < -0.3 is 14.8 Å². The molecule has 0 bridgehead atoms. The lowest BCUT2D eigenvalue weighted by atomic mass is 10.2. The Kier molecular flexibility index (Phi) is 6.56. The zero-order valence-corrected chi connectivity index (χ0v) is 16.8. The molecule has 8 heteroatoms. The minimum absolute atomic E-state index is 0.181. The van der Waals surface area contributed by atoms with Crippen molar-refractivity contribution in [3.8, 4) is 11.5 Å². The number of rotatable bonds is 7. The molecule has 1 N–H and O–H groups in total. The van der Waals surface area contributed by atoms with E-state index in [2.05, 4.69) is 5.32 Å². The topological polar surface area (TPSA) is 84.9 Å². The van der Waals surface area contributed by atoms with Gasteiger partial charge in [0, 0.05) is 12.2 Å². The number of imide groups is 1. The summed E-state index contributed by atoms with van der Waals surface area (Å²) < 4.78 is 10.9. The van der Waals surface area contributed by atoms with Crippen molar-refractivity contribution < 1.29 is 23.9 Å². The van der Waals surface area contributed by atoms with Crippen molar-refractivity contribution in [2.24, 2.45) is 0 Å². The predicted octanol–water partition coefficient (Wildman–Crippen LogP) is 3.77. The summed E-state index contributed by atoms with van der Waals surface area (Å²) in [4.78, 5) is 37.6. The van der Waals surface area contributed by atoms with E-state index >= 15 is 0 Å². The number of nitrogens with zero attached hydrogens (tertiary/aromatic N) is 1. The highest BCUT2D eigenvalue weighted by atomic mass is 32.2. The normalized spacial score (nSPS) is 15.0. The van der Waals surface area contributed by atoms with Gasteiger partial charge in [0.1, 0.15) is 0 Å². The minimum atomic E-state index is -0.306. The second-order valence-corrected chi connectivity index (χ2v) is 7.03. The Morgan fingerprint density at radius 1 is 1.14 bits per heavy atom. The lowest BCUT2D eigenvalue weighted by molar-refractivity contribution is -0.122. The van der Waals surface area contributed by atoms with E-state index in [4.69, 9.17) is 9.47 Å². The van der Waals surface area contributed by atoms with E-state index < -0.39 is 0 Å². The van der Waals surface area contributed by atoms with Gasteiger partial charge in [-0.15, -0.1) is 0 Å². The molecule has 3 amide bonds. The van der Waals surface area contributed by atoms with Gasteiger partial charge in [-0.25, -0.2) is 0 Å². The van der Waals surface area contributed by atoms with Crippen LogP contribution in [0.1, 0.15) is 12.5 Å². The van der Waals surface area contributed by atoms with Gasteiger partial charge in [0.15, 0.2) is 18.1 Å². The zero-order chi connectivity index (χ0) is 20.8. The Hall–Kier alpha value is -3.26. The summed E-state index contributed by atoms with van der Waals surface area (Å²) in [5.41, 5.74) is 1.37. The highest BCUT2D eigenvalue weighted by Crippen LogP contribution is 2.34. The molecule has 2 aromatic carbocycles. The van der Waals surface area contributed by atoms with Gasteiger partial charge >= 0.3 is 0 Å². The molecule has 1 aliphatic rings. The van der Waals surface area contributed by atoms with Gasteiger partial charge in [0.2, 0.25) is 0 Å². The molecule has 0 aromatic heterocycles. The molecule has 7 nitrogen and oxygen atoms in total. The fraction of sp³-hybridized carbons (Fsp3) is 0.190. The van der Waals surface area contributed by atoms with Gasteiger partial charge in [-0.1, -0.05) is 24.3 Å². The molecule has 0 unspecified atom stereocenters. The van der Waals surface area contributed by atoms with Crippen LogP contribution in [0.4, 0.5) is 10.5 Å². The second kappa shape index (κ2) is 9.29. The summed E-state index contributed by atoms with van der Waals surface area (Å²) in [5, 5.41) is 2.46. The van der Waals surface area contributed by atoms with Gasteiger partial charge in [-0.05, 0) is 54.6 Å². The van der Waals surface area contributed by atoms with E-state index in [1.165, 1.54) is 12.0 Å². The summed E-state index contributed by atoms with van der Waals surface area (Å²) in [6.07, 6.45) is 1.63. The van der Waals surface area contributed by atoms with Crippen LogP contribution in [0.25, 0.3) is 6.08 Å². The molecule has 0 aliphatic carbocycles. The van der Waals surface area contributed by atoms with Crippen molar-refractivity contribution in [3.05, 3.63) is 59.0 Å². The highest BCUT2D eigenvalue weighted by molar-refractivity contribution is 8.18. The van der Waals surface area contributed by atoms with E-state index in [0.717, 1.165) is 11.8 Å². The van der Waals surface area contributed by atoms with Crippen LogP contribution >= 0.6 is 11.8 Å². The third-order valence-corrected chi connectivity index (χ3v) is 5.00. The van der Waals surface area contributed by atoms with Crippen LogP contribution in [0.2, 0.25) is 0 Å². The van der Waals surface area contributed by atoms with Crippen molar-refractivity contribution in [2.45, 2.75) is 6.92 Å². The molecule has 1 aliphatic heterocycles. The Labute approximate surface area is 172 Å². The highest BCUT2D eigenvalue weighted by Gasteiger charge is 2.33. The number of hydrogen-bond acceptors (Lipinski definition) is 6. The van der Waals surface area contributed by atoms with Crippen molar-refractivity contribution in [2.75, 3.05) is 25.6 Å². The molecule has 0 saturated carbocycles. The van der Waals surface area contributed by atoms with Crippen molar-refractivity contribution in [3.63, 3.8) is 0 Å². The average molecular weight is 412 g/mol. The number of thioether (sulfide) groups is 1. The van der Waals surface area contributed by atoms with Gasteiger partial charge in [0.05, 0.1) is 12.0 Å². The molecule has 1 heterocycles. The smallest absolute Gasteiger partial charge is 0.293 e. The number of para-hydroxylation sites is 1. The van der Waals surface area contributed by atoms with Crippen molar-refractivity contribution in [1.82, 2.24) is 4.90 Å². The van der Waals surface area contributed by atoms with Crippen LogP contribution in [-0.4, -0.2) is 42.2 Å². The number of ether oxygens (including phenoxy) is 2. The molecule has 150 valence electrons. The molecule has 3 rings (SSSR count). The number of nitrogens with one attached hydrogen (secondary N) is 1. The predicted molar refractivity (Wildman–Crippen MR) is 112 cm³/mol. The fourth-order valence-electron chi connectivity index (χ4n) is 2.68. The summed E-state index contributed by atoms with van der Waals surface area (Å²) in [5.74, 6) is 0.213. The molecule has 0 spiro atoms. The van der Waals surface area contributed by atoms with E-state index in [0.29, 0.717) is 34.2 Å². The summed E-state index contributed by atoms with van der Waals surface area (Å²) in [7, 11) is 1.49. The number of carbonyl (C=O) groups excluding carboxylic acids is 3. The lowest BCUT2D eigenvalue weighted by Crippen LogP contribution is -2.27. The zero-order valence-electron chi connectivity index (χ0n) is 16.0.